The van der Waals surface area contributed by atoms with Gasteiger partial charge in [-0.05, 0) is 105 Å². The number of aromatic hydroxyl groups is 1. The van der Waals surface area contributed by atoms with Crippen molar-refractivity contribution in [3.05, 3.63) is 83.1 Å². The van der Waals surface area contributed by atoms with Crippen LogP contribution in [0, 0.1) is 5.82 Å². The molecule has 3 unspecified atom stereocenters. The zero-order valence-corrected chi connectivity index (χ0v) is 29.6. The van der Waals surface area contributed by atoms with Crippen LogP contribution in [0.5, 0.6) is 17.5 Å². The summed E-state index contributed by atoms with van der Waals surface area (Å²) in [4.78, 5) is 17.1. The van der Waals surface area contributed by atoms with Gasteiger partial charge in [-0.1, -0.05) is 48.0 Å². The lowest BCUT2D eigenvalue weighted by Crippen LogP contribution is -3.06. The van der Waals surface area contributed by atoms with E-state index in [1.807, 2.05) is 36.4 Å². The number of piperidine rings is 1. The lowest BCUT2D eigenvalue weighted by atomic mass is 9.38. The Balaban J connectivity index is 1.15. The molecule has 4 atom stereocenters. The van der Waals surface area contributed by atoms with E-state index < -0.39 is 5.82 Å². The first-order chi connectivity index (χ1) is 24.1. The summed E-state index contributed by atoms with van der Waals surface area (Å²) in [6.07, 6.45) is 4.21. The van der Waals surface area contributed by atoms with E-state index in [2.05, 4.69) is 47.7 Å². The number of aromatic nitrogens is 2. The van der Waals surface area contributed by atoms with Gasteiger partial charge in [0.05, 0.1) is 23.2 Å². The second-order valence-electron chi connectivity index (χ2n) is 15.0. The van der Waals surface area contributed by atoms with E-state index in [-0.39, 0.29) is 50.5 Å². The summed E-state index contributed by atoms with van der Waals surface area (Å²) in [5.74, 6) is 0.990. The molecule has 0 bridgehead atoms. The largest absolute Gasteiger partial charge is 0.508 e. The molecule has 1 N–H and O–H groups in total. The molecule has 9 rings (SSSR count). The topological polar surface area (TPSA) is 74.2 Å². The molecule has 258 valence electrons. The number of likely N-dealkylation sites (tertiary alicyclic amines) is 2. The normalized spacial score (nSPS) is 27.4. The fourth-order valence-electron chi connectivity index (χ4n) is 9.99. The molecule has 0 radical (unpaired) electrons. The number of nitrogens with zero attached hydrogens (tertiary/aromatic N) is 5. The van der Waals surface area contributed by atoms with E-state index in [0.717, 1.165) is 61.8 Å². The Morgan fingerprint density at radius 1 is 1.00 bits per heavy atom. The highest BCUT2D eigenvalue weighted by Crippen LogP contribution is 2.74. The number of rotatable bonds is 8. The Morgan fingerprint density at radius 3 is 2.50 bits per heavy atom. The molecule has 0 amide bonds. The first-order valence-corrected chi connectivity index (χ1v) is 17.9. The number of hydrogen-bond acceptors (Lipinski definition) is 8. The predicted octanol–water partition coefficient (Wildman–Crippen LogP) is 7.82. The second kappa shape index (κ2) is 11.2. The summed E-state index contributed by atoms with van der Waals surface area (Å²) in [5, 5.41) is 13.0. The maximum atomic E-state index is 17.2. The van der Waals surface area contributed by atoms with Crippen molar-refractivity contribution in [3.8, 4) is 28.6 Å². The van der Waals surface area contributed by atoms with Crippen LogP contribution in [0.3, 0.4) is 0 Å². The molecule has 50 heavy (non-hydrogen) atoms. The first-order valence-electron chi connectivity index (χ1n) is 17.5. The number of benzene rings is 4. The first kappa shape index (κ1) is 31.8. The minimum Gasteiger partial charge on any atom is -0.508 e. The average Bonchev–Trinajstić information content (AvgIpc) is 3.52. The van der Waals surface area contributed by atoms with Crippen molar-refractivity contribution < 1.29 is 19.0 Å². The van der Waals surface area contributed by atoms with Crippen molar-refractivity contribution in [2.24, 2.45) is 0 Å². The highest BCUT2D eigenvalue weighted by molar-refractivity contribution is 6.35. The maximum Gasteiger partial charge on any atom is 0.319 e. The molecular weight excluding hydrogens is 653 g/mol. The number of phenolic OH excluding ortho intramolecular Hbond substituents is 1. The van der Waals surface area contributed by atoms with Crippen molar-refractivity contribution in [3.63, 3.8) is 0 Å². The van der Waals surface area contributed by atoms with Gasteiger partial charge in [0.25, 0.3) is 0 Å². The Kier molecular flexibility index (Phi) is 7.09. The lowest BCUT2D eigenvalue weighted by molar-refractivity contribution is -0.307. The fraction of sp³-hybridized carbons (Fsp3) is 0.400. The van der Waals surface area contributed by atoms with E-state index in [1.165, 1.54) is 5.56 Å². The average molecular weight is 694 g/mol. The van der Waals surface area contributed by atoms with Crippen molar-refractivity contribution in [1.82, 2.24) is 19.8 Å². The molecule has 4 fully saturated rings. The third-order valence-electron chi connectivity index (χ3n) is 12.7. The van der Waals surface area contributed by atoms with E-state index in [9.17, 15) is 5.11 Å². The van der Waals surface area contributed by atoms with Crippen LogP contribution in [0.25, 0.3) is 32.8 Å². The molecule has 1 aliphatic carbocycles. The number of likely N-dealkylation sites (N-methyl/N-ethyl adjacent to an activating group) is 1. The summed E-state index contributed by atoms with van der Waals surface area (Å²) in [7, 11) is 3.79. The summed E-state index contributed by atoms with van der Waals surface area (Å²) in [5.41, 5.74) is 1.77. The highest BCUT2D eigenvalue weighted by atomic mass is 35.5. The lowest BCUT2D eigenvalue weighted by Gasteiger charge is -2.91. The van der Waals surface area contributed by atoms with Crippen LogP contribution in [0.1, 0.15) is 45.1 Å². The van der Waals surface area contributed by atoms with Gasteiger partial charge in [0.15, 0.2) is 5.82 Å². The number of anilines is 1. The van der Waals surface area contributed by atoms with Crippen LogP contribution in [-0.4, -0.2) is 81.4 Å². The van der Waals surface area contributed by atoms with Crippen LogP contribution < -0.4 is 14.4 Å². The zero-order chi connectivity index (χ0) is 34.6. The molecule has 1 saturated carbocycles. The van der Waals surface area contributed by atoms with Gasteiger partial charge in [-0.15, -0.1) is 0 Å². The summed E-state index contributed by atoms with van der Waals surface area (Å²) in [6.45, 7) is 7.71. The molecule has 5 aromatic rings. The predicted molar refractivity (Wildman–Crippen MR) is 195 cm³/mol. The maximum absolute atomic E-state index is 17.2. The Morgan fingerprint density at radius 2 is 1.80 bits per heavy atom. The number of phenols is 1. The van der Waals surface area contributed by atoms with Crippen molar-refractivity contribution >= 4 is 39.1 Å². The number of piperazine rings is 1. The third-order valence-corrected chi connectivity index (χ3v) is 13.0. The smallest absolute Gasteiger partial charge is 0.319 e. The molecule has 1 aromatic heterocycles. The van der Waals surface area contributed by atoms with Crippen molar-refractivity contribution in [1.29, 1.82) is 0 Å². The number of hydrogen-bond donors (Lipinski definition) is 1. The molecule has 10 heteroatoms. The van der Waals surface area contributed by atoms with Gasteiger partial charge in [-0.2, -0.15) is 9.97 Å². The number of methoxy groups -OCH3 is 1. The molecule has 4 aliphatic rings. The number of ether oxygens (including phenoxy) is 2. The van der Waals surface area contributed by atoms with Gasteiger partial charge >= 0.3 is 6.01 Å². The fourth-order valence-corrected chi connectivity index (χ4v) is 10.3. The zero-order valence-electron chi connectivity index (χ0n) is 28.8. The minimum atomic E-state index is -0.554. The van der Waals surface area contributed by atoms with E-state index >= 15 is 4.39 Å². The highest BCUT2D eigenvalue weighted by Gasteiger charge is 2.87. The Bertz CT molecular complexity index is 2170. The van der Waals surface area contributed by atoms with Crippen LogP contribution >= 0.6 is 11.6 Å². The second-order valence-corrected chi connectivity index (χ2v) is 15.4. The monoisotopic (exact) mass is 693 g/mol. The Labute approximate surface area is 296 Å². The number of halogens is 2. The third kappa shape index (κ3) is 4.23. The molecule has 8 nitrogen and oxygen atoms in total. The number of fused-ring (bicyclic) bond motifs is 2. The van der Waals surface area contributed by atoms with Gasteiger partial charge < -0.3 is 24.4 Å². The van der Waals surface area contributed by atoms with E-state index in [0.29, 0.717) is 23.4 Å². The van der Waals surface area contributed by atoms with Crippen molar-refractivity contribution in [2.75, 3.05) is 38.8 Å². The van der Waals surface area contributed by atoms with Crippen molar-refractivity contribution in [2.45, 2.75) is 68.7 Å². The standard InChI is InChI=1S/C40H41ClFN5O3/c1-38-15-16-40(38)39(2,47(38)21-24-11-13-28(49-4)14-12-24)23-46(40)36-31-20-32(41)33(30-19-27(48)18-25-8-5-6-10-29(25)30)34(42)35(31)43-37(44-36)50-22-26-9-7-17-45(26)3/h5-6,8,10-14,18-20,26,48H,7,9,15-17,21-23H2,1-4H3/t26-,38?,39?,40?/m0/s1. The van der Waals surface area contributed by atoms with Crippen LogP contribution in [0.15, 0.2) is 66.7 Å². The van der Waals surface area contributed by atoms with Gasteiger partial charge in [0.1, 0.15) is 29.4 Å². The molecule has 4 aromatic carbocycles. The molecular formula is C40H41ClFN5O3. The van der Waals surface area contributed by atoms with Gasteiger partial charge in [0.2, 0.25) is 0 Å². The van der Waals surface area contributed by atoms with Crippen LogP contribution in [-0.2, 0) is 6.54 Å². The van der Waals surface area contributed by atoms with Crippen LogP contribution in [0.2, 0.25) is 5.02 Å². The van der Waals surface area contributed by atoms with Gasteiger partial charge in [0, 0.05) is 35.6 Å². The van der Waals surface area contributed by atoms with Gasteiger partial charge in [-0.25, -0.2) is 4.39 Å². The molecule has 3 aliphatic heterocycles. The van der Waals surface area contributed by atoms with E-state index in [4.69, 9.17) is 31.0 Å². The summed E-state index contributed by atoms with van der Waals surface area (Å²) < 4.78 is 28.9. The minimum absolute atomic E-state index is 0.0368. The molecule has 3 saturated heterocycles. The van der Waals surface area contributed by atoms with Gasteiger partial charge in [-0.3, -0.25) is 4.90 Å². The quantitative estimate of drug-likeness (QED) is 0.176. The molecule has 1 spiro atoms. The van der Waals surface area contributed by atoms with Crippen LogP contribution in [0.4, 0.5) is 10.2 Å². The Hall–Kier alpha value is -4.18. The van der Waals surface area contributed by atoms with E-state index in [1.54, 1.807) is 25.3 Å². The SMILES string of the molecule is COc1ccc(CN2C3(C)CCC34N(c3nc(OC[C@@H]5CCCN5C)nc5c(F)c(-c6cc(O)cc7ccccc67)c(Cl)cc35)CC24C)cc1. The summed E-state index contributed by atoms with van der Waals surface area (Å²) in [6, 6.07) is 21.4. The summed E-state index contributed by atoms with van der Waals surface area (Å²) >= 11 is 7.03. The molecule has 4 heterocycles.